The summed E-state index contributed by atoms with van der Waals surface area (Å²) >= 11 is 0. The molecule has 4 nitrogen and oxygen atoms in total. The zero-order valence-electron chi connectivity index (χ0n) is 15.9. The topological polar surface area (TPSA) is 47.6 Å². The van der Waals surface area contributed by atoms with E-state index in [4.69, 9.17) is 9.47 Å². The Labute approximate surface area is 165 Å². The van der Waals surface area contributed by atoms with Gasteiger partial charge in [0.25, 0.3) is 0 Å². The highest BCUT2D eigenvalue weighted by Gasteiger charge is 2.57. The molecule has 2 unspecified atom stereocenters. The van der Waals surface area contributed by atoms with Crippen LogP contribution in [0.4, 0.5) is 5.69 Å². The minimum atomic E-state index is -0.520. The third kappa shape index (κ3) is 2.79. The van der Waals surface area contributed by atoms with Crippen molar-refractivity contribution in [2.45, 2.75) is 36.9 Å². The predicted molar refractivity (Wildman–Crippen MR) is 108 cm³/mol. The van der Waals surface area contributed by atoms with Crippen LogP contribution in [-0.2, 0) is 19.7 Å². The fourth-order valence-corrected chi connectivity index (χ4v) is 5.21. The highest BCUT2D eigenvalue weighted by atomic mass is 16.7. The van der Waals surface area contributed by atoms with Gasteiger partial charge >= 0.3 is 0 Å². The summed E-state index contributed by atoms with van der Waals surface area (Å²) in [5.74, 6) is -0.135. The number of para-hydroxylation sites is 1. The van der Waals surface area contributed by atoms with Crippen LogP contribution in [0.3, 0.4) is 0 Å². The maximum atomic E-state index is 13.9. The number of allylic oxidation sites excluding steroid dienone is 2. The third-order valence-electron chi connectivity index (χ3n) is 6.57. The van der Waals surface area contributed by atoms with Gasteiger partial charge in [-0.3, -0.25) is 4.79 Å². The molecule has 1 heterocycles. The van der Waals surface area contributed by atoms with E-state index < -0.39 is 11.2 Å². The van der Waals surface area contributed by atoms with E-state index in [9.17, 15) is 4.79 Å². The van der Waals surface area contributed by atoms with Crippen molar-refractivity contribution in [3.63, 3.8) is 0 Å². The van der Waals surface area contributed by atoms with Gasteiger partial charge in [0, 0.05) is 18.5 Å². The number of anilines is 1. The van der Waals surface area contributed by atoms with Gasteiger partial charge in [-0.1, -0.05) is 54.6 Å². The molecule has 2 aromatic rings. The third-order valence-corrected chi connectivity index (χ3v) is 6.57. The summed E-state index contributed by atoms with van der Waals surface area (Å²) in [5, 5.41) is 3.37. The fourth-order valence-electron chi connectivity index (χ4n) is 5.21. The molecule has 1 spiro atoms. The number of hydrogen-bond acceptors (Lipinski definition) is 4. The quantitative estimate of drug-likeness (QED) is 0.862. The Kier molecular flexibility index (Phi) is 4.33. The lowest BCUT2D eigenvalue weighted by atomic mass is 9.55. The summed E-state index contributed by atoms with van der Waals surface area (Å²) in [5.41, 5.74) is 2.24. The molecule has 0 aromatic heterocycles. The highest BCUT2D eigenvalue weighted by molar-refractivity contribution is 6.06. The van der Waals surface area contributed by atoms with Crippen molar-refractivity contribution in [2.75, 3.05) is 18.5 Å². The van der Waals surface area contributed by atoms with Crippen LogP contribution in [0.1, 0.15) is 31.2 Å². The van der Waals surface area contributed by atoms with Gasteiger partial charge in [0.05, 0.1) is 24.3 Å². The van der Waals surface area contributed by atoms with Crippen LogP contribution in [0, 0.1) is 5.92 Å². The largest absolute Gasteiger partial charge is 0.353 e. The summed E-state index contributed by atoms with van der Waals surface area (Å²) in [6.07, 6.45) is 5.17. The summed E-state index contributed by atoms with van der Waals surface area (Å²) in [6.45, 7) is 1.30. The zero-order valence-corrected chi connectivity index (χ0v) is 15.9. The Bertz CT molecular complexity index is 887. The van der Waals surface area contributed by atoms with E-state index in [1.807, 2.05) is 48.5 Å². The number of ether oxygens (including phenoxy) is 2. The minimum Gasteiger partial charge on any atom is -0.353 e. The Hall–Kier alpha value is -2.43. The molecule has 5 rings (SSSR count). The van der Waals surface area contributed by atoms with E-state index in [-0.39, 0.29) is 11.7 Å². The predicted octanol–water partition coefficient (Wildman–Crippen LogP) is 4.44. The van der Waals surface area contributed by atoms with Crippen LogP contribution in [-0.4, -0.2) is 24.8 Å². The van der Waals surface area contributed by atoms with Crippen LogP contribution in [0.15, 0.2) is 72.4 Å². The molecule has 0 radical (unpaired) electrons. The molecule has 2 fully saturated rings. The number of carbonyl (C=O) groups excluding carboxylic acids is 1. The van der Waals surface area contributed by atoms with E-state index in [2.05, 4.69) is 23.5 Å². The molecule has 1 aliphatic heterocycles. The Morgan fingerprint density at radius 3 is 2.29 bits per heavy atom. The second-order valence-electron chi connectivity index (χ2n) is 8.02. The number of carbonyl (C=O) groups is 1. The first kappa shape index (κ1) is 17.7. The van der Waals surface area contributed by atoms with E-state index >= 15 is 0 Å². The molecule has 4 heteroatoms. The normalized spacial score (nSPS) is 28.6. The van der Waals surface area contributed by atoms with Crippen LogP contribution in [0.25, 0.3) is 0 Å². The summed E-state index contributed by atoms with van der Waals surface area (Å²) < 4.78 is 12.0. The zero-order chi connectivity index (χ0) is 19.0. The van der Waals surface area contributed by atoms with E-state index in [1.54, 1.807) is 0 Å². The molecule has 1 saturated carbocycles. The highest BCUT2D eigenvalue weighted by Crippen LogP contribution is 2.54. The lowest BCUT2D eigenvalue weighted by Crippen LogP contribution is -2.55. The summed E-state index contributed by atoms with van der Waals surface area (Å²) in [4.78, 5) is 13.9. The first-order valence-corrected chi connectivity index (χ1v) is 10.1. The number of nitrogens with one attached hydrogen (secondary N) is 1. The van der Waals surface area contributed by atoms with Gasteiger partial charge in [0.2, 0.25) is 0 Å². The number of fused-ring (bicyclic) bond motifs is 1. The molecule has 2 aromatic carbocycles. The molecular weight excluding hydrogens is 350 g/mol. The molecule has 144 valence electrons. The molecule has 2 atom stereocenters. The average Bonchev–Trinajstić information content (AvgIpc) is 3.20. The molecule has 0 bridgehead atoms. The Balaban J connectivity index is 1.53. The minimum absolute atomic E-state index is 0.176. The molecule has 2 aliphatic carbocycles. The van der Waals surface area contributed by atoms with Crippen molar-refractivity contribution in [3.8, 4) is 0 Å². The second-order valence-corrected chi connectivity index (χ2v) is 8.02. The van der Waals surface area contributed by atoms with Crippen molar-refractivity contribution in [3.05, 3.63) is 78.0 Å². The van der Waals surface area contributed by atoms with Crippen LogP contribution in [0.5, 0.6) is 0 Å². The molecule has 3 aliphatic rings. The van der Waals surface area contributed by atoms with E-state index in [1.165, 1.54) is 0 Å². The van der Waals surface area contributed by atoms with Gasteiger partial charge in [-0.25, -0.2) is 0 Å². The lowest BCUT2D eigenvalue weighted by molar-refractivity contribution is -0.199. The Morgan fingerprint density at radius 1 is 0.893 bits per heavy atom. The van der Waals surface area contributed by atoms with Gasteiger partial charge in [-0.05, 0) is 36.5 Å². The SMILES string of the molecule is O=C1C(Nc2ccccc2)=CCC2CC3(CCC12c1ccccc1)OCCO3. The van der Waals surface area contributed by atoms with Crippen LogP contribution in [0.2, 0.25) is 0 Å². The van der Waals surface area contributed by atoms with Crippen LogP contribution >= 0.6 is 0 Å². The van der Waals surface area contributed by atoms with Crippen molar-refractivity contribution in [2.24, 2.45) is 5.92 Å². The van der Waals surface area contributed by atoms with Crippen molar-refractivity contribution < 1.29 is 14.3 Å². The van der Waals surface area contributed by atoms with Crippen molar-refractivity contribution in [1.82, 2.24) is 0 Å². The first-order chi connectivity index (χ1) is 13.7. The number of rotatable bonds is 3. The lowest BCUT2D eigenvalue weighted by Gasteiger charge is -2.50. The maximum absolute atomic E-state index is 13.9. The molecule has 1 N–H and O–H groups in total. The van der Waals surface area contributed by atoms with Gasteiger partial charge < -0.3 is 14.8 Å². The molecule has 0 amide bonds. The number of hydrogen-bond donors (Lipinski definition) is 1. The average molecular weight is 375 g/mol. The Morgan fingerprint density at radius 2 is 1.57 bits per heavy atom. The summed E-state index contributed by atoms with van der Waals surface area (Å²) in [7, 11) is 0. The standard InChI is InChI=1S/C24H25NO3/c26-22-21(25-20-9-5-2-6-10-20)12-11-19-17-23(27-15-16-28-23)13-14-24(19,22)18-7-3-1-4-8-18/h1-10,12,19,25H,11,13-17H2. The smallest absolute Gasteiger partial charge is 0.189 e. The van der Waals surface area contributed by atoms with E-state index in [0.29, 0.717) is 18.9 Å². The molecule has 28 heavy (non-hydrogen) atoms. The first-order valence-electron chi connectivity index (χ1n) is 10.1. The van der Waals surface area contributed by atoms with Crippen LogP contribution < -0.4 is 5.32 Å². The molecule has 1 saturated heterocycles. The second kappa shape index (κ2) is 6.87. The summed E-state index contributed by atoms with van der Waals surface area (Å²) in [6, 6.07) is 20.2. The van der Waals surface area contributed by atoms with E-state index in [0.717, 1.165) is 36.9 Å². The van der Waals surface area contributed by atoms with Gasteiger partial charge in [-0.2, -0.15) is 0 Å². The van der Waals surface area contributed by atoms with Gasteiger partial charge in [0.15, 0.2) is 11.6 Å². The number of benzene rings is 2. The molecular formula is C24H25NO3. The number of Topliss-reactive ketones (excluding diaryl/α,β-unsaturated/α-hetero) is 1. The van der Waals surface area contributed by atoms with Gasteiger partial charge in [-0.15, -0.1) is 0 Å². The van der Waals surface area contributed by atoms with Crippen molar-refractivity contribution in [1.29, 1.82) is 0 Å². The fraction of sp³-hybridized carbons (Fsp3) is 0.375. The maximum Gasteiger partial charge on any atom is 0.189 e. The number of ketones is 1. The van der Waals surface area contributed by atoms with Crippen molar-refractivity contribution >= 4 is 11.5 Å². The monoisotopic (exact) mass is 375 g/mol. The van der Waals surface area contributed by atoms with Gasteiger partial charge in [0.1, 0.15) is 0 Å².